The summed E-state index contributed by atoms with van der Waals surface area (Å²) >= 11 is 0. The van der Waals surface area contributed by atoms with E-state index in [4.69, 9.17) is 5.73 Å². The number of hydrogen-bond acceptors (Lipinski definition) is 6. The van der Waals surface area contributed by atoms with Gasteiger partial charge in [0.05, 0.1) is 29.4 Å². The van der Waals surface area contributed by atoms with Crippen LogP contribution in [0.4, 0.5) is 17.6 Å². The van der Waals surface area contributed by atoms with E-state index in [-0.39, 0.29) is 31.4 Å². The summed E-state index contributed by atoms with van der Waals surface area (Å²) in [5.74, 6) is -2.69. The minimum atomic E-state index is -4.85. The molecule has 0 aliphatic carbocycles. The number of amides is 2. The van der Waals surface area contributed by atoms with E-state index < -0.39 is 47.7 Å². The van der Waals surface area contributed by atoms with Gasteiger partial charge >= 0.3 is 6.36 Å². The lowest BCUT2D eigenvalue weighted by atomic mass is 9.88. The van der Waals surface area contributed by atoms with Crippen LogP contribution in [0.25, 0.3) is 11.0 Å². The van der Waals surface area contributed by atoms with E-state index in [9.17, 15) is 32.3 Å². The summed E-state index contributed by atoms with van der Waals surface area (Å²) in [5.41, 5.74) is 5.44. The van der Waals surface area contributed by atoms with Crippen LogP contribution < -0.4 is 15.8 Å². The molecule has 0 saturated heterocycles. The van der Waals surface area contributed by atoms with Crippen molar-refractivity contribution in [2.75, 3.05) is 0 Å². The number of halogens is 4. The molecular weight excluding hydrogens is 520 g/mol. The second-order valence-corrected chi connectivity index (χ2v) is 9.88. The fourth-order valence-corrected chi connectivity index (χ4v) is 4.02. The molecule has 3 unspecified atom stereocenters. The van der Waals surface area contributed by atoms with Crippen molar-refractivity contribution in [3.63, 3.8) is 0 Å². The number of para-hydroxylation sites is 2. The molecule has 2 aromatic carbocycles. The van der Waals surface area contributed by atoms with Crippen molar-refractivity contribution in [1.29, 1.82) is 0 Å². The highest BCUT2D eigenvalue weighted by molar-refractivity contribution is 5.94. The number of nitrogens with two attached hydrogens (primary N) is 1. The highest BCUT2D eigenvalue weighted by atomic mass is 19.4. The van der Waals surface area contributed by atoms with E-state index in [0.29, 0.717) is 16.6 Å². The maximum Gasteiger partial charge on any atom is 0.573 e. The number of nitrogens with zero attached hydrogens (tertiary/aromatic N) is 2. The molecule has 210 valence electrons. The molecule has 8 nitrogen and oxygen atoms in total. The summed E-state index contributed by atoms with van der Waals surface area (Å²) in [4.78, 5) is 33.6. The van der Waals surface area contributed by atoms with Gasteiger partial charge in [-0.25, -0.2) is 9.37 Å². The molecule has 1 heterocycles. The summed E-state index contributed by atoms with van der Waals surface area (Å²) < 4.78 is 55.4. The molecule has 1 aromatic heterocycles. The van der Waals surface area contributed by atoms with Crippen molar-refractivity contribution < 1.29 is 37.0 Å². The Labute approximate surface area is 222 Å². The monoisotopic (exact) mass is 550 g/mol. The molecule has 12 heteroatoms. The van der Waals surface area contributed by atoms with Gasteiger partial charge in [0.1, 0.15) is 17.1 Å². The Morgan fingerprint density at radius 2 is 1.69 bits per heavy atom. The largest absolute Gasteiger partial charge is 0.573 e. The molecule has 0 aliphatic heterocycles. The Balaban J connectivity index is 1.82. The predicted molar refractivity (Wildman–Crippen MR) is 135 cm³/mol. The summed E-state index contributed by atoms with van der Waals surface area (Å²) in [5, 5.41) is 13.8. The normalized spacial score (nSPS) is 14.4. The minimum Gasteiger partial charge on any atom is -0.406 e. The predicted octanol–water partition coefficient (Wildman–Crippen LogP) is 4.25. The maximum absolute atomic E-state index is 14.0. The van der Waals surface area contributed by atoms with Gasteiger partial charge in [0.2, 0.25) is 5.91 Å². The first-order chi connectivity index (χ1) is 18.2. The van der Waals surface area contributed by atoms with Crippen LogP contribution in [-0.2, 0) is 11.2 Å². The molecule has 39 heavy (non-hydrogen) atoms. The number of aromatic nitrogens is 2. The third kappa shape index (κ3) is 9.47. The Bertz CT molecular complexity index is 1280. The number of primary amides is 1. The molecule has 0 radical (unpaired) electrons. The van der Waals surface area contributed by atoms with Crippen molar-refractivity contribution in [2.24, 2.45) is 11.7 Å². The van der Waals surface area contributed by atoms with Gasteiger partial charge in [0, 0.05) is 5.92 Å². The molecule has 3 rings (SSSR count). The third-order valence-electron chi connectivity index (χ3n) is 6.09. The molecule has 0 fully saturated rings. The number of fused-ring (bicyclic) bond motifs is 1. The number of hydrogen-bond donors (Lipinski definition) is 3. The van der Waals surface area contributed by atoms with Crippen LogP contribution >= 0.6 is 0 Å². The molecule has 3 atom stereocenters. The molecule has 2 amide bonds. The van der Waals surface area contributed by atoms with E-state index in [2.05, 4.69) is 20.0 Å². The number of ether oxygens (including phenoxy) is 1. The van der Waals surface area contributed by atoms with Crippen LogP contribution in [0.1, 0.15) is 49.2 Å². The van der Waals surface area contributed by atoms with Crippen LogP contribution in [-0.4, -0.2) is 51.1 Å². The van der Waals surface area contributed by atoms with E-state index in [1.165, 1.54) is 32.2 Å². The summed E-state index contributed by atoms with van der Waals surface area (Å²) in [7, 11) is 0. The molecule has 0 bridgehead atoms. The summed E-state index contributed by atoms with van der Waals surface area (Å²) in [6, 6.07) is 10.9. The number of carbonyl (C=O) groups is 2. The van der Waals surface area contributed by atoms with Crippen LogP contribution in [0.15, 0.2) is 54.7 Å². The van der Waals surface area contributed by atoms with Crippen molar-refractivity contribution in [3.05, 3.63) is 66.0 Å². The number of benzene rings is 2. The first kappa shape index (κ1) is 29.8. The minimum absolute atomic E-state index is 0.0136. The van der Waals surface area contributed by atoms with E-state index in [0.717, 1.165) is 12.1 Å². The van der Waals surface area contributed by atoms with Crippen molar-refractivity contribution in [1.82, 2.24) is 15.3 Å². The Morgan fingerprint density at radius 1 is 1.05 bits per heavy atom. The topological polar surface area (TPSA) is 127 Å². The number of nitrogens with one attached hydrogen (secondary N) is 1. The zero-order valence-electron chi connectivity index (χ0n) is 21.4. The molecule has 3 aromatic rings. The molecular formula is C27H30F4N4O4. The van der Waals surface area contributed by atoms with E-state index in [1.807, 2.05) is 0 Å². The van der Waals surface area contributed by atoms with Gasteiger partial charge in [-0.1, -0.05) is 24.3 Å². The first-order valence-corrected chi connectivity index (χ1v) is 12.2. The van der Waals surface area contributed by atoms with Crippen LogP contribution in [0, 0.1) is 5.92 Å². The van der Waals surface area contributed by atoms with Gasteiger partial charge in [-0.3, -0.25) is 14.6 Å². The lowest BCUT2D eigenvalue weighted by Gasteiger charge is -2.27. The van der Waals surface area contributed by atoms with E-state index >= 15 is 0 Å². The highest BCUT2D eigenvalue weighted by Crippen LogP contribution is 2.26. The lowest BCUT2D eigenvalue weighted by molar-refractivity contribution is -0.274. The van der Waals surface area contributed by atoms with Gasteiger partial charge < -0.3 is 20.9 Å². The van der Waals surface area contributed by atoms with Crippen LogP contribution in [0.2, 0.25) is 0 Å². The maximum atomic E-state index is 14.0. The quantitative estimate of drug-likeness (QED) is 0.290. The van der Waals surface area contributed by atoms with Crippen LogP contribution in [0.5, 0.6) is 5.75 Å². The zero-order chi connectivity index (χ0) is 28.8. The number of carbonyl (C=O) groups excluding carboxylic acids is 2. The Hall–Kier alpha value is -3.80. The van der Waals surface area contributed by atoms with Gasteiger partial charge in [0.15, 0.2) is 0 Å². The van der Waals surface area contributed by atoms with Crippen molar-refractivity contribution >= 4 is 22.8 Å². The lowest BCUT2D eigenvalue weighted by Crippen LogP contribution is -2.46. The van der Waals surface area contributed by atoms with Gasteiger partial charge in [-0.05, 0) is 69.4 Å². The fraction of sp³-hybridized carbons (Fsp3) is 0.407. The smallest absolute Gasteiger partial charge is 0.406 e. The van der Waals surface area contributed by atoms with Crippen molar-refractivity contribution in [2.45, 2.75) is 63.7 Å². The Kier molecular flexibility index (Phi) is 9.44. The summed E-state index contributed by atoms with van der Waals surface area (Å²) in [6.07, 6.45) is -4.97. The SMILES string of the molecule is CC(C)(F)CCC(CC(O)C(Cc1ccc(OC(F)(F)F)cc1)NC(=O)c1cnc2ccccc2n1)C(N)=O. The molecule has 0 spiro atoms. The number of rotatable bonds is 12. The second kappa shape index (κ2) is 12.4. The van der Waals surface area contributed by atoms with Gasteiger partial charge in [-0.2, -0.15) is 0 Å². The standard InChI is InChI=1S/C27H30F4N4O4/c1-26(2,28)12-11-17(24(32)37)14-23(36)21(13-16-7-9-18(10-8-16)39-27(29,30)31)35-25(38)22-15-33-19-5-3-4-6-20(19)34-22/h3-10,15,17,21,23,36H,11-14H2,1-2H3,(H2,32,37)(H,35,38). The van der Waals surface area contributed by atoms with Crippen LogP contribution in [0.3, 0.4) is 0 Å². The first-order valence-electron chi connectivity index (χ1n) is 12.2. The average molecular weight is 551 g/mol. The number of aliphatic hydroxyl groups excluding tert-OH is 1. The van der Waals surface area contributed by atoms with E-state index in [1.54, 1.807) is 24.3 Å². The second-order valence-electron chi connectivity index (χ2n) is 9.88. The number of aliphatic hydroxyl groups is 1. The average Bonchev–Trinajstić information content (AvgIpc) is 2.85. The Morgan fingerprint density at radius 3 is 2.28 bits per heavy atom. The summed E-state index contributed by atoms with van der Waals surface area (Å²) in [6.45, 7) is 2.72. The molecule has 4 N–H and O–H groups in total. The zero-order valence-corrected chi connectivity index (χ0v) is 21.4. The number of alkyl halides is 4. The highest BCUT2D eigenvalue weighted by Gasteiger charge is 2.32. The third-order valence-corrected chi connectivity index (χ3v) is 6.09. The molecule has 0 aliphatic rings. The van der Waals surface area contributed by atoms with Gasteiger partial charge in [-0.15, -0.1) is 13.2 Å². The van der Waals surface area contributed by atoms with Gasteiger partial charge in [0.25, 0.3) is 5.91 Å². The molecule has 0 saturated carbocycles. The fourth-order valence-electron chi connectivity index (χ4n) is 4.02. The van der Waals surface area contributed by atoms with Crippen molar-refractivity contribution in [3.8, 4) is 5.75 Å².